The van der Waals surface area contributed by atoms with Crippen LogP contribution in [-0.4, -0.2) is 4.98 Å². The van der Waals surface area contributed by atoms with E-state index in [2.05, 4.69) is 25.8 Å². The Morgan fingerprint density at radius 3 is 2.47 bits per heavy atom. The largest absolute Gasteiger partial charge is 0.398 e. The van der Waals surface area contributed by atoms with Gasteiger partial charge in [0.15, 0.2) is 0 Å². The lowest BCUT2D eigenvalue weighted by Crippen LogP contribution is -2.14. The summed E-state index contributed by atoms with van der Waals surface area (Å²) in [5.74, 6) is 0. The number of hydrogen-bond acceptors (Lipinski definition) is 2. The number of benzene rings is 1. The number of aromatic nitrogens is 1. The van der Waals surface area contributed by atoms with Crippen LogP contribution in [0.3, 0.4) is 0 Å². The van der Waals surface area contributed by atoms with Crippen molar-refractivity contribution in [1.29, 1.82) is 0 Å². The van der Waals surface area contributed by atoms with Crippen LogP contribution in [0.4, 0.5) is 5.69 Å². The number of aryl methyl sites for hydroxylation is 1. The lowest BCUT2D eigenvalue weighted by atomic mass is 9.90. The van der Waals surface area contributed by atoms with Crippen molar-refractivity contribution < 1.29 is 0 Å². The molecule has 0 unspecified atom stereocenters. The van der Waals surface area contributed by atoms with Crippen LogP contribution in [0, 0.1) is 6.92 Å². The van der Waals surface area contributed by atoms with Crippen molar-refractivity contribution in [3.8, 4) is 0 Å². The molecule has 1 aromatic carbocycles. The zero-order valence-electron chi connectivity index (χ0n) is 10.6. The first-order valence-corrected chi connectivity index (χ1v) is 6.04. The maximum Gasteiger partial charge on any atom is 0.0915 e. The van der Waals surface area contributed by atoms with Crippen LogP contribution in [0.25, 0.3) is 10.9 Å². The average molecular weight is 249 g/mol. The smallest absolute Gasteiger partial charge is 0.0915 e. The molecule has 0 aliphatic heterocycles. The Labute approximate surface area is 107 Å². The highest BCUT2D eigenvalue weighted by atomic mass is 35.5. The first-order valence-electron chi connectivity index (χ1n) is 5.66. The van der Waals surface area contributed by atoms with Gasteiger partial charge in [-0.2, -0.15) is 0 Å². The zero-order valence-corrected chi connectivity index (χ0v) is 11.4. The monoisotopic (exact) mass is 248 g/mol. The fourth-order valence-electron chi connectivity index (χ4n) is 1.90. The number of anilines is 1. The van der Waals surface area contributed by atoms with E-state index in [1.807, 2.05) is 25.1 Å². The molecule has 0 saturated carbocycles. The lowest BCUT2D eigenvalue weighted by Gasteiger charge is -2.20. The van der Waals surface area contributed by atoms with Crippen LogP contribution in [0.5, 0.6) is 0 Å². The summed E-state index contributed by atoms with van der Waals surface area (Å²) in [7, 11) is 0. The third-order valence-corrected chi connectivity index (χ3v) is 3.22. The molecule has 0 spiro atoms. The number of halogens is 1. The maximum atomic E-state index is 6.20. The molecule has 3 heteroatoms. The molecule has 90 valence electrons. The van der Waals surface area contributed by atoms with Gasteiger partial charge in [-0.15, -0.1) is 0 Å². The Balaban J connectivity index is 2.87. The summed E-state index contributed by atoms with van der Waals surface area (Å²) in [6.45, 7) is 8.37. The van der Waals surface area contributed by atoms with E-state index in [9.17, 15) is 0 Å². The van der Waals surface area contributed by atoms with Crippen LogP contribution in [0.2, 0.25) is 5.02 Å². The van der Waals surface area contributed by atoms with E-state index in [0.29, 0.717) is 5.02 Å². The molecule has 0 saturated heterocycles. The van der Waals surface area contributed by atoms with Gasteiger partial charge in [-0.1, -0.05) is 38.4 Å². The number of rotatable bonds is 0. The van der Waals surface area contributed by atoms with Crippen LogP contribution in [-0.2, 0) is 5.41 Å². The molecule has 0 bridgehead atoms. The summed E-state index contributed by atoms with van der Waals surface area (Å²) in [5, 5.41) is 1.62. The van der Waals surface area contributed by atoms with E-state index in [1.54, 1.807) is 0 Å². The lowest BCUT2D eigenvalue weighted by molar-refractivity contribution is 0.572. The van der Waals surface area contributed by atoms with Crippen molar-refractivity contribution in [3.63, 3.8) is 0 Å². The zero-order chi connectivity index (χ0) is 12.8. The van der Waals surface area contributed by atoms with Crippen LogP contribution in [0.15, 0.2) is 18.2 Å². The summed E-state index contributed by atoms with van der Waals surface area (Å²) in [6.07, 6.45) is 0. The van der Waals surface area contributed by atoms with E-state index in [1.165, 1.54) is 0 Å². The first-order chi connectivity index (χ1) is 7.80. The fourth-order valence-corrected chi connectivity index (χ4v) is 2.10. The van der Waals surface area contributed by atoms with Crippen LogP contribution in [0.1, 0.15) is 32.0 Å². The van der Waals surface area contributed by atoms with Gasteiger partial charge < -0.3 is 5.73 Å². The van der Waals surface area contributed by atoms with Gasteiger partial charge in [-0.25, -0.2) is 0 Å². The van der Waals surface area contributed by atoms with Crippen molar-refractivity contribution in [2.24, 2.45) is 0 Å². The van der Waals surface area contributed by atoms with E-state index in [0.717, 1.165) is 27.8 Å². The van der Waals surface area contributed by atoms with Crippen LogP contribution < -0.4 is 5.73 Å². The fraction of sp³-hybridized carbons (Fsp3) is 0.357. The van der Waals surface area contributed by atoms with Crippen molar-refractivity contribution in [2.75, 3.05) is 5.73 Å². The highest BCUT2D eigenvalue weighted by molar-refractivity contribution is 6.35. The van der Waals surface area contributed by atoms with Crippen molar-refractivity contribution >= 4 is 28.2 Å². The SMILES string of the molecule is Cc1ccc(Cl)c2nc(C(C)(C)C)cc(N)c12. The summed E-state index contributed by atoms with van der Waals surface area (Å²) >= 11 is 6.20. The molecule has 0 radical (unpaired) electrons. The van der Waals surface area contributed by atoms with Gasteiger partial charge in [-0.05, 0) is 24.6 Å². The number of hydrogen-bond donors (Lipinski definition) is 1. The molecule has 2 nitrogen and oxygen atoms in total. The molecule has 1 aromatic heterocycles. The van der Waals surface area contributed by atoms with E-state index >= 15 is 0 Å². The molecule has 0 aliphatic carbocycles. The van der Waals surface area contributed by atoms with E-state index in [-0.39, 0.29) is 5.41 Å². The van der Waals surface area contributed by atoms with Gasteiger partial charge in [0.2, 0.25) is 0 Å². The number of nitrogens with two attached hydrogens (primary N) is 1. The standard InChI is InChI=1S/C14H17ClN2/c1-8-5-6-9(15)13-12(8)10(16)7-11(17-13)14(2,3)4/h5-7H,1-4H3,(H2,16,17). The molecule has 0 fully saturated rings. The normalized spacial score (nSPS) is 12.1. The minimum Gasteiger partial charge on any atom is -0.398 e. The third kappa shape index (κ3) is 2.09. The average Bonchev–Trinajstić information content (AvgIpc) is 2.21. The molecule has 17 heavy (non-hydrogen) atoms. The highest BCUT2D eigenvalue weighted by Gasteiger charge is 2.18. The second-order valence-corrected chi connectivity index (χ2v) is 5.84. The van der Waals surface area contributed by atoms with Crippen LogP contribution >= 0.6 is 11.6 Å². The van der Waals surface area contributed by atoms with Crippen molar-refractivity contribution in [2.45, 2.75) is 33.1 Å². The molecule has 0 aliphatic rings. The Morgan fingerprint density at radius 1 is 1.24 bits per heavy atom. The second kappa shape index (κ2) is 3.88. The van der Waals surface area contributed by atoms with Gasteiger partial charge in [0.25, 0.3) is 0 Å². The number of nitrogens with zero attached hydrogens (tertiary/aromatic N) is 1. The van der Waals surface area contributed by atoms with Gasteiger partial charge in [0, 0.05) is 22.2 Å². The molecular formula is C14H17ClN2. The maximum absolute atomic E-state index is 6.20. The molecule has 1 heterocycles. The van der Waals surface area contributed by atoms with Crippen molar-refractivity contribution in [3.05, 3.63) is 34.5 Å². The quantitative estimate of drug-likeness (QED) is 0.763. The third-order valence-electron chi connectivity index (χ3n) is 2.92. The number of nitrogen functional groups attached to an aromatic ring is 1. The molecular weight excluding hydrogens is 232 g/mol. The second-order valence-electron chi connectivity index (χ2n) is 5.43. The van der Waals surface area contributed by atoms with Gasteiger partial charge >= 0.3 is 0 Å². The predicted molar refractivity (Wildman–Crippen MR) is 74.6 cm³/mol. The first kappa shape index (κ1) is 12.2. The Bertz CT molecular complexity index is 583. The number of fused-ring (bicyclic) bond motifs is 1. The van der Waals surface area contributed by atoms with Gasteiger partial charge in [-0.3, -0.25) is 4.98 Å². The minimum absolute atomic E-state index is 0.0324. The van der Waals surface area contributed by atoms with Gasteiger partial charge in [0.1, 0.15) is 0 Å². The summed E-state index contributed by atoms with van der Waals surface area (Å²) in [5.41, 5.74) is 9.72. The summed E-state index contributed by atoms with van der Waals surface area (Å²) in [4.78, 5) is 4.66. The topological polar surface area (TPSA) is 38.9 Å². The molecule has 2 aromatic rings. The summed E-state index contributed by atoms with van der Waals surface area (Å²) in [6, 6.07) is 5.79. The Kier molecular flexibility index (Phi) is 2.78. The Morgan fingerprint density at radius 2 is 1.88 bits per heavy atom. The minimum atomic E-state index is -0.0324. The van der Waals surface area contributed by atoms with Gasteiger partial charge in [0.05, 0.1) is 10.5 Å². The van der Waals surface area contributed by atoms with E-state index < -0.39 is 0 Å². The molecule has 2 N–H and O–H groups in total. The Hall–Kier alpha value is -1.28. The van der Waals surface area contributed by atoms with Crippen molar-refractivity contribution in [1.82, 2.24) is 4.98 Å². The molecule has 0 atom stereocenters. The molecule has 2 rings (SSSR count). The van der Waals surface area contributed by atoms with E-state index in [4.69, 9.17) is 17.3 Å². The summed E-state index contributed by atoms with van der Waals surface area (Å²) < 4.78 is 0. The highest BCUT2D eigenvalue weighted by Crippen LogP contribution is 2.32. The molecule has 0 amide bonds. The predicted octanol–water partition coefficient (Wildman–Crippen LogP) is 4.08. The number of pyridine rings is 1.